The Balaban J connectivity index is 4.24. The van der Waals surface area contributed by atoms with Gasteiger partial charge in [-0.2, -0.15) is 0 Å². The summed E-state index contributed by atoms with van der Waals surface area (Å²) in [7, 11) is 1.53. The van der Waals surface area contributed by atoms with Gasteiger partial charge < -0.3 is 19.8 Å². The Labute approximate surface area is 489 Å². The lowest BCUT2D eigenvalue weighted by Gasteiger charge is -2.25. The molecule has 0 radical (unpaired) electrons. The third-order valence-electron chi connectivity index (χ3n) is 14.2. The van der Waals surface area contributed by atoms with Gasteiger partial charge in [0.15, 0.2) is 0 Å². The Morgan fingerprint density at radius 3 is 1.16 bits per heavy atom. The van der Waals surface area contributed by atoms with Gasteiger partial charge >= 0.3 is 7.82 Å². The number of carbonyl (C=O) groups is 1. The first-order chi connectivity index (χ1) is 38.5. The standard InChI is InChI=1S/C70H125N2O6P/c1-6-8-10-12-14-16-18-20-22-24-26-28-30-32-34-35-36-38-39-41-43-45-47-49-51-53-55-57-59-61-63-69(73)68(67-78-79(75,76)77-66-65-72(3,4)5)71-70(74)64-62-60-58-56-54-52-50-48-46-44-42-40-37-33-31-29-27-25-23-21-19-17-15-13-11-9-7-2/h9,11,15,17,21,23,27,29,33,37,42,44-45,47,53,55,61,63,68-69,73H,6-8,10,12-14,16,18-20,22,24-26,28,30-32,34-36,38-41,43,46,48-52,54,56-60,62,64-67H2,1-5H3,(H-,71,74,75,76)/p+1/b11-9-,17-15-,23-21-,29-27-,37-33-,44-42-,47-45+,55-53+,63-61+. The highest BCUT2D eigenvalue weighted by Crippen LogP contribution is 2.43. The maximum Gasteiger partial charge on any atom is 0.472 e. The number of nitrogens with one attached hydrogen (secondary N) is 1. The number of likely N-dealkylation sites (N-methyl/N-ethyl adjacent to an activating group) is 1. The van der Waals surface area contributed by atoms with Gasteiger partial charge in [-0.1, -0.05) is 284 Å². The van der Waals surface area contributed by atoms with E-state index < -0.39 is 20.0 Å². The van der Waals surface area contributed by atoms with Crippen molar-refractivity contribution in [3.63, 3.8) is 0 Å². The molecule has 0 saturated carbocycles. The van der Waals surface area contributed by atoms with Crippen molar-refractivity contribution in [3.8, 4) is 0 Å². The molecule has 9 heteroatoms. The van der Waals surface area contributed by atoms with E-state index in [2.05, 4.69) is 116 Å². The van der Waals surface area contributed by atoms with E-state index in [0.717, 1.165) is 96.3 Å². The number of aliphatic hydroxyl groups is 1. The molecule has 0 saturated heterocycles. The van der Waals surface area contributed by atoms with Gasteiger partial charge in [-0.15, -0.1) is 0 Å². The number of unbranched alkanes of at least 4 members (excludes halogenated alkanes) is 30. The molecule has 3 N–H and O–H groups in total. The van der Waals surface area contributed by atoms with Crippen molar-refractivity contribution in [3.05, 3.63) is 109 Å². The lowest BCUT2D eigenvalue weighted by molar-refractivity contribution is -0.870. The van der Waals surface area contributed by atoms with Crippen LogP contribution in [0.25, 0.3) is 0 Å². The van der Waals surface area contributed by atoms with Gasteiger partial charge in [0.1, 0.15) is 13.2 Å². The predicted octanol–water partition coefficient (Wildman–Crippen LogP) is 20.7. The fourth-order valence-corrected chi connectivity index (χ4v) is 9.87. The number of aliphatic hydroxyl groups excluding tert-OH is 1. The summed E-state index contributed by atoms with van der Waals surface area (Å²) in [4.78, 5) is 23.4. The monoisotopic (exact) mass is 1120 g/mol. The number of rotatable bonds is 59. The highest BCUT2D eigenvalue weighted by molar-refractivity contribution is 7.47. The summed E-state index contributed by atoms with van der Waals surface area (Å²) in [6, 6.07) is -0.884. The second-order valence-electron chi connectivity index (χ2n) is 23.1. The van der Waals surface area contributed by atoms with E-state index >= 15 is 0 Å². The largest absolute Gasteiger partial charge is 0.472 e. The fourth-order valence-electron chi connectivity index (χ4n) is 9.14. The van der Waals surface area contributed by atoms with Crippen molar-refractivity contribution in [2.75, 3.05) is 40.9 Å². The Bertz CT molecular complexity index is 1650. The lowest BCUT2D eigenvalue weighted by Crippen LogP contribution is -2.45. The molecule has 456 valence electrons. The van der Waals surface area contributed by atoms with E-state index in [1.807, 2.05) is 27.2 Å². The molecule has 0 aliphatic heterocycles. The SMILES string of the molecule is CC/C=C\C/C=C\C/C=C\C/C=C\C/C=C\C/C=C\CCCCCCCCCCC(=O)NC(COP(=O)(O)OCC[N+](C)(C)C)C(O)/C=C/CC/C=C/CC/C=C/CCCCCCCCCCCCCCCCCCCCCC. The highest BCUT2D eigenvalue weighted by atomic mass is 31.2. The van der Waals surface area contributed by atoms with E-state index in [1.54, 1.807) is 6.08 Å². The number of allylic oxidation sites excluding steroid dienone is 17. The van der Waals surface area contributed by atoms with Crippen LogP contribution < -0.4 is 5.32 Å². The number of carbonyl (C=O) groups excluding carboxylic acids is 1. The maximum atomic E-state index is 13.0. The van der Waals surface area contributed by atoms with Gasteiger partial charge in [0.25, 0.3) is 0 Å². The van der Waals surface area contributed by atoms with E-state index in [0.29, 0.717) is 17.4 Å². The fraction of sp³-hybridized carbons (Fsp3) is 0.729. The second kappa shape index (κ2) is 59.8. The van der Waals surface area contributed by atoms with E-state index in [1.165, 1.54) is 161 Å². The zero-order valence-corrected chi connectivity index (χ0v) is 53.0. The third-order valence-corrected chi connectivity index (χ3v) is 15.2. The van der Waals surface area contributed by atoms with Crippen LogP contribution >= 0.6 is 7.82 Å². The Morgan fingerprint density at radius 2 is 0.772 bits per heavy atom. The molecule has 3 unspecified atom stereocenters. The second-order valence-corrected chi connectivity index (χ2v) is 24.5. The van der Waals surface area contributed by atoms with E-state index in [-0.39, 0.29) is 19.1 Å². The molecular weight excluding hydrogens is 996 g/mol. The molecule has 0 bridgehead atoms. The van der Waals surface area contributed by atoms with Crippen molar-refractivity contribution in [2.45, 2.75) is 289 Å². The molecule has 0 aliphatic carbocycles. The van der Waals surface area contributed by atoms with Crippen molar-refractivity contribution in [1.29, 1.82) is 0 Å². The van der Waals surface area contributed by atoms with Crippen LogP contribution in [0.15, 0.2) is 109 Å². The number of amides is 1. The Hall–Kier alpha value is -2.84. The van der Waals surface area contributed by atoms with Crippen LogP contribution in [0, 0.1) is 0 Å². The summed E-state index contributed by atoms with van der Waals surface area (Å²) in [5, 5.41) is 14.0. The molecule has 79 heavy (non-hydrogen) atoms. The average Bonchev–Trinajstić information content (AvgIpc) is 3.42. The topological polar surface area (TPSA) is 105 Å². The van der Waals surface area contributed by atoms with E-state index in [9.17, 15) is 19.4 Å². The lowest BCUT2D eigenvalue weighted by atomic mass is 10.0. The van der Waals surface area contributed by atoms with Gasteiger partial charge in [-0.05, 0) is 96.3 Å². The van der Waals surface area contributed by atoms with Gasteiger partial charge in [-0.3, -0.25) is 13.8 Å². The van der Waals surface area contributed by atoms with Crippen LogP contribution in [0.5, 0.6) is 0 Å². The molecule has 0 rings (SSSR count). The van der Waals surface area contributed by atoms with Crippen LogP contribution in [0.4, 0.5) is 0 Å². The van der Waals surface area contributed by atoms with Crippen molar-refractivity contribution in [2.24, 2.45) is 0 Å². The van der Waals surface area contributed by atoms with Crippen LogP contribution in [0.1, 0.15) is 277 Å². The minimum atomic E-state index is -4.37. The van der Waals surface area contributed by atoms with Gasteiger partial charge in [-0.25, -0.2) is 4.57 Å². The molecule has 8 nitrogen and oxygen atoms in total. The van der Waals surface area contributed by atoms with Crippen LogP contribution in [-0.2, 0) is 18.4 Å². The molecule has 3 atom stereocenters. The first-order valence-corrected chi connectivity index (χ1v) is 34.3. The third kappa shape index (κ3) is 62.6. The van der Waals surface area contributed by atoms with Gasteiger partial charge in [0.2, 0.25) is 5.91 Å². The number of phosphoric ester groups is 1. The smallest absolute Gasteiger partial charge is 0.387 e. The predicted molar refractivity (Wildman–Crippen MR) is 345 cm³/mol. The zero-order chi connectivity index (χ0) is 57.7. The number of quaternary nitrogens is 1. The Morgan fingerprint density at radius 1 is 0.443 bits per heavy atom. The average molecular weight is 1120 g/mol. The summed E-state index contributed by atoms with van der Waals surface area (Å²) < 4.78 is 23.7. The molecule has 0 fully saturated rings. The molecule has 0 aromatic carbocycles. The molecule has 0 aliphatic rings. The molecule has 1 amide bonds. The molecule has 0 aromatic heterocycles. The number of hydrogen-bond donors (Lipinski definition) is 3. The number of hydrogen-bond acceptors (Lipinski definition) is 5. The summed E-state index contributed by atoms with van der Waals surface area (Å²) >= 11 is 0. The highest BCUT2D eigenvalue weighted by Gasteiger charge is 2.27. The molecule has 0 heterocycles. The van der Waals surface area contributed by atoms with E-state index in [4.69, 9.17) is 9.05 Å². The summed E-state index contributed by atoms with van der Waals surface area (Å²) in [6.07, 6.45) is 87.9. The van der Waals surface area contributed by atoms with Gasteiger partial charge in [0.05, 0.1) is 39.9 Å². The summed E-state index contributed by atoms with van der Waals surface area (Å²) in [6.45, 7) is 4.68. The van der Waals surface area contributed by atoms with Crippen molar-refractivity contribution in [1.82, 2.24) is 5.32 Å². The van der Waals surface area contributed by atoms with Crippen molar-refractivity contribution >= 4 is 13.7 Å². The van der Waals surface area contributed by atoms with Crippen LogP contribution in [0.3, 0.4) is 0 Å². The van der Waals surface area contributed by atoms with Gasteiger partial charge in [0, 0.05) is 6.42 Å². The first kappa shape index (κ1) is 76.2. The quantitative estimate of drug-likeness (QED) is 0.0243. The van der Waals surface area contributed by atoms with Crippen molar-refractivity contribution < 1.29 is 32.9 Å². The summed E-state index contributed by atoms with van der Waals surface area (Å²) in [5.41, 5.74) is 0. The number of phosphoric acid groups is 1. The molecular formula is C70H126N2O6P+. The van der Waals surface area contributed by atoms with Crippen LogP contribution in [-0.4, -0.2) is 73.4 Å². The van der Waals surface area contributed by atoms with Crippen LogP contribution in [0.2, 0.25) is 0 Å². The maximum absolute atomic E-state index is 13.0. The normalized spacial score (nSPS) is 14.5. The Kier molecular flexibility index (Phi) is 57.6. The molecule has 0 spiro atoms. The minimum Gasteiger partial charge on any atom is -0.387 e. The molecule has 0 aromatic rings. The minimum absolute atomic E-state index is 0.0462. The zero-order valence-electron chi connectivity index (χ0n) is 52.1. The summed E-state index contributed by atoms with van der Waals surface area (Å²) in [5.74, 6) is -0.202. The first-order valence-electron chi connectivity index (χ1n) is 32.8. The number of nitrogens with zero attached hydrogens (tertiary/aromatic N) is 1.